The predicted molar refractivity (Wildman–Crippen MR) is 76.2 cm³/mol. The van der Waals surface area contributed by atoms with Gasteiger partial charge in [-0.2, -0.15) is 0 Å². The maximum Gasteiger partial charge on any atom is 0.145 e. The van der Waals surface area contributed by atoms with Gasteiger partial charge in [-0.25, -0.2) is 20.2 Å². The lowest BCUT2D eigenvalue weighted by Gasteiger charge is -2.10. The highest BCUT2D eigenvalue weighted by molar-refractivity contribution is 5.59. The van der Waals surface area contributed by atoms with Gasteiger partial charge in [-0.1, -0.05) is 6.07 Å². The minimum atomic E-state index is -0.247. The maximum atomic E-state index is 13.5. The second-order valence-electron chi connectivity index (χ2n) is 5.00. The summed E-state index contributed by atoms with van der Waals surface area (Å²) in [6, 6.07) is 6.68. The fourth-order valence-corrected chi connectivity index (χ4v) is 1.95. The second kappa shape index (κ2) is 5.05. The molecule has 1 aromatic carbocycles. The number of hydrazine groups is 1. The van der Waals surface area contributed by atoms with E-state index >= 15 is 0 Å². The third kappa shape index (κ3) is 2.70. The fourth-order valence-electron chi connectivity index (χ4n) is 1.95. The fraction of sp³-hybridized carbons (Fsp3) is 0.286. The molecule has 1 saturated carbocycles. The average Bonchev–Trinajstić information content (AvgIpc) is 3.27. The molecule has 20 heavy (non-hydrogen) atoms. The van der Waals surface area contributed by atoms with Crippen LogP contribution in [0.2, 0.25) is 0 Å². The Morgan fingerprint density at radius 1 is 1.20 bits per heavy atom. The van der Waals surface area contributed by atoms with Gasteiger partial charge in [0.1, 0.15) is 23.3 Å². The van der Waals surface area contributed by atoms with Gasteiger partial charge in [0.15, 0.2) is 0 Å². The van der Waals surface area contributed by atoms with Crippen molar-refractivity contribution in [3.8, 4) is 0 Å². The Morgan fingerprint density at radius 3 is 2.60 bits per heavy atom. The number of aromatic nitrogens is 2. The zero-order chi connectivity index (χ0) is 14.1. The summed E-state index contributed by atoms with van der Waals surface area (Å²) in [6.07, 6.45) is 2.21. The molecule has 1 aliphatic rings. The highest BCUT2D eigenvalue weighted by Crippen LogP contribution is 2.39. The van der Waals surface area contributed by atoms with E-state index in [0.29, 0.717) is 28.8 Å². The molecule has 1 fully saturated rings. The molecule has 6 heteroatoms. The van der Waals surface area contributed by atoms with Gasteiger partial charge in [-0.15, -0.1) is 0 Å². The summed E-state index contributed by atoms with van der Waals surface area (Å²) in [5.74, 6) is 7.52. The molecule has 104 valence electrons. The van der Waals surface area contributed by atoms with Gasteiger partial charge in [0.2, 0.25) is 0 Å². The molecule has 0 aliphatic heterocycles. The molecule has 0 unspecified atom stereocenters. The highest BCUT2D eigenvalue weighted by Gasteiger charge is 2.27. The number of rotatable bonds is 4. The van der Waals surface area contributed by atoms with Gasteiger partial charge in [-0.05, 0) is 37.5 Å². The SMILES string of the molecule is Cc1ccc(Nc2cc(NN)nc(C3CC3)n2)cc1F. The lowest BCUT2D eigenvalue weighted by molar-refractivity contribution is 0.619. The van der Waals surface area contributed by atoms with E-state index in [1.54, 1.807) is 19.1 Å². The van der Waals surface area contributed by atoms with E-state index in [9.17, 15) is 4.39 Å². The Labute approximate surface area is 116 Å². The van der Waals surface area contributed by atoms with E-state index in [2.05, 4.69) is 20.7 Å². The Morgan fingerprint density at radius 2 is 1.95 bits per heavy atom. The van der Waals surface area contributed by atoms with Crippen molar-refractivity contribution in [2.75, 3.05) is 10.7 Å². The molecule has 1 heterocycles. The van der Waals surface area contributed by atoms with Crippen molar-refractivity contribution < 1.29 is 4.39 Å². The van der Waals surface area contributed by atoms with Crippen LogP contribution in [0.3, 0.4) is 0 Å². The van der Waals surface area contributed by atoms with Gasteiger partial charge in [0.25, 0.3) is 0 Å². The smallest absolute Gasteiger partial charge is 0.145 e. The molecule has 0 atom stereocenters. The van der Waals surface area contributed by atoms with Crippen molar-refractivity contribution in [2.45, 2.75) is 25.7 Å². The zero-order valence-corrected chi connectivity index (χ0v) is 11.2. The van der Waals surface area contributed by atoms with Crippen LogP contribution in [0.25, 0.3) is 0 Å². The van der Waals surface area contributed by atoms with Crippen molar-refractivity contribution >= 4 is 17.3 Å². The summed E-state index contributed by atoms with van der Waals surface area (Å²) < 4.78 is 13.5. The molecule has 0 bridgehead atoms. The first kappa shape index (κ1) is 12.8. The summed E-state index contributed by atoms with van der Waals surface area (Å²) in [4.78, 5) is 8.78. The van der Waals surface area contributed by atoms with E-state index in [1.165, 1.54) is 6.07 Å². The summed E-state index contributed by atoms with van der Waals surface area (Å²) in [5, 5.41) is 3.08. The third-order valence-corrected chi connectivity index (χ3v) is 3.28. The van der Waals surface area contributed by atoms with Crippen LogP contribution >= 0.6 is 0 Å². The number of benzene rings is 1. The summed E-state index contributed by atoms with van der Waals surface area (Å²) >= 11 is 0. The van der Waals surface area contributed by atoms with E-state index in [1.807, 2.05) is 6.07 Å². The van der Waals surface area contributed by atoms with Crippen molar-refractivity contribution in [1.82, 2.24) is 9.97 Å². The van der Waals surface area contributed by atoms with Gasteiger partial charge in [0.05, 0.1) is 0 Å². The maximum absolute atomic E-state index is 13.5. The molecule has 0 spiro atoms. The lowest BCUT2D eigenvalue weighted by Crippen LogP contribution is -2.11. The number of nitrogen functional groups attached to an aromatic ring is 1. The number of hydrogen-bond donors (Lipinski definition) is 3. The largest absolute Gasteiger partial charge is 0.340 e. The van der Waals surface area contributed by atoms with Gasteiger partial charge >= 0.3 is 0 Å². The van der Waals surface area contributed by atoms with E-state index in [0.717, 1.165) is 18.7 Å². The average molecular weight is 273 g/mol. The van der Waals surface area contributed by atoms with E-state index in [4.69, 9.17) is 5.84 Å². The zero-order valence-electron chi connectivity index (χ0n) is 11.2. The topological polar surface area (TPSA) is 75.9 Å². The predicted octanol–water partition coefficient (Wildman–Crippen LogP) is 2.83. The number of nitrogens with one attached hydrogen (secondary N) is 2. The van der Waals surface area contributed by atoms with Crippen LogP contribution in [0.4, 0.5) is 21.7 Å². The van der Waals surface area contributed by atoms with E-state index in [-0.39, 0.29) is 5.82 Å². The molecule has 0 amide bonds. The van der Waals surface area contributed by atoms with Crippen LogP contribution in [0.15, 0.2) is 24.3 Å². The number of halogens is 1. The number of anilines is 3. The molecule has 3 rings (SSSR count). The Balaban J connectivity index is 1.88. The minimum absolute atomic E-state index is 0.247. The first-order chi connectivity index (χ1) is 9.65. The summed E-state index contributed by atoms with van der Waals surface area (Å²) in [7, 11) is 0. The third-order valence-electron chi connectivity index (χ3n) is 3.28. The van der Waals surface area contributed by atoms with E-state index < -0.39 is 0 Å². The Bertz CT molecular complexity index is 639. The first-order valence-corrected chi connectivity index (χ1v) is 6.54. The Hall–Kier alpha value is -2.21. The molecular weight excluding hydrogens is 257 g/mol. The first-order valence-electron chi connectivity index (χ1n) is 6.54. The minimum Gasteiger partial charge on any atom is -0.340 e. The molecule has 5 nitrogen and oxygen atoms in total. The monoisotopic (exact) mass is 273 g/mol. The van der Waals surface area contributed by atoms with Crippen molar-refractivity contribution in [3.63, 3.8) is 0 Å². The van der Waals surface area contributed by atoms with Crippen molar-refractivity contribution in [3.05, 3.63) is 41.5 Å². The summed E-state index contributed by atoms with van der Waals surface area (Å²) in [5.41, 5.74) is 3.79. The van der Waals surface area contributed by atoms with Crippen LogP contribution in [0.5, 0.6) is 0 Å². The van der Waals surface area contributed by atoms with Crippen LogP contribution in [0, 0.1) is 12.7 Å². The number of aryl methyl sites for hydroxylation is 1. The van der Waals surface area contributed by atoms with Gasteiger partial charge in [0, 0.05) is 17.7 Å². The lowest BCUT2D eigenvalue weighted by atomic mass is 10.2. The molecule has 2 aromatic rings. The van der Waals surface area contributed by atoms with Gasteiger partial charge < -0.3 is 10.7 Å². The van der Waals surface area contributed by atoms with Crippen LogP contribution in [-0.4, -0.2) is 9.97 Å². The number of hydrogen-bond acceptors (Lipinski definition) is 5. The molecule has 0 saturated heterocycles. The molecule has 4 N–H and O–H groups in total. The van der Waals surface area contributed by atoms with Crippen LogP contribution in [-0.2, 0) is 0 Å². The van der Waals surface area contributed by atoms with Crippen molar-refractivity contribution in [2.24, 2.45) is 5.84 Å². The molecule has 1 aromatic heterocycles. The standard InChI is InChI=1S/C14H16FN5/c1-8-2-5-10(6-11(8)15)17-12-7-13(20-16)19-14(18-12)9-3-4-9/h2,5-7,9H,3-4,16H2,1H3,(H2,17,18,19,20). The molecule has 0 radical (unpaired) electrons. The number of nitrogens with zero attached hydrogens (tertiary/aromatic N) is 2. The molecule has 1 aliphatic carbocycles. The quantitative estimate of drug-likeness (QED) is 0.590. The van der Waals surface area contributed by atoms with Gasteiger partial charge in [-0.3, -0.25) is 0 Å². The Kier molecular flexibility index (Phi) is 3.23. The van der Waals surface area contributed by atoms with Crippen LogP contribution in [0.1, 0.15) is 30.1 Å². The normalized spacial score (nSPS) is 14.2. The highest BCUT2D eigenvalue weighted by atomic mass is 19.1. The van der Waals surface area contributed by atoms with Crippen LogP contribution < -0.4 is 16.6 Å². The molecular formula is C14H16FN5. The number of nitrogens with two attached hydrogens (primary N) is 1. The van der Waals surface area contributed by atoms with Crippen molar-refractivity contribution in [1.29, 1.82) is 0 Å². The summed E-state index contributed by atoms with van der Waals surface area (Å²) in [6.45, 7) is 1.73. The second-order valence-corrected chi connectivity index (χ2v) is 5.00.